The van der Waals surface area contributed by atoms with Gasteiger partial charge in [0, 0.05) is 0 Å². The fourth-order valence-corrected chi connectivity index (χ4v) is 6.14. The fraction of sp³-hybridized carbons (Fsp3) is 0.971. The first kappa shape index (κ1) is 36.5. The highest BCUT2D eigenvalue weighted by molar-refractivity contribution is 5.72. The van der Waals surface area contributed by atoms with Crippen molar-refractivity contribution < 1.29 is 9.53 Å². The van der Waals surface area contributed by atoms with Gasteiger partial charge in [0.15, 0.2) is 0 Å². The van der Waals surface area contributed by atoms with Crippen LogP contribution in [0, 0.1) is 17.8 Å². The van der Waals surface area contributed by atoms with Crippen molar-refractivity contribution in [3.63, 3.8) is 0 Å². The minimum Gasteiger partial charge on any atom is -0.465 e. The molecule has 222 valence electrons. The Hall–Kier alpha value is -0.530. The lowest BCUT2D eigenvalue weighted by Gasteiger charge is -2.25. The standard InChI is InChI=1S/C35H70O2/c1-6-11-13-15-19-23-28-32(9-4)33(10-5)29-24-21-17-18-22-26-31-37-35(36)34(27-8-3)30-25-20-16-14-12-7-2/h32-34H,6-31H2,1-5H3. The second-order valence-corrected chi connectivity index (χ2v) is 12.0. The number of ether oxygens (including phenoxy) is 1. The van der Waals surface area contributed by atoms with Crippen LogP contribution in [-0.2, 0) is 9.53 Å². The van der Waals surface area contributed by atoms with Crippen molar-refractivity contribution in [2.24, 2.45) is 17.8 Å². The third-order valence-electron chi connectivity index (χ3n) is 8.73. The van der Waals surface area contributed by atoms with E-state index in [0.717, 1.165) is 37.5 Å². The van der Waals surface area contributed by atoms with Crippen molar-refractivity contribution in [2.75, 3.05) is 6.61 Å². The second-order valence-electron chi connectivity index (χ2n) is 12.0. The van der Waals surface area contributed by atoms with Gasteiger partial charge in [0.05, 0.1) is 12.5 Å². The molecule has 0 amide bonds. The minimum absolute atomic E-state index is 0.0763. The molecule has 0 saturated carbocycles. The van der Waals surface area contributed by atoms with Gasteiger partial charge < -0.3 is 4.74 Å². The Kier molecular flexibility index (Phi) is 28.1. The van der Waals surface area contributed by atoms with Gasteiger partial charge in [-0.15, -0.1) is 0 Å². The summed E-state index contributed by atoms with van der Waals surface area (Å²) in [5.41, 5.74) is 0. The molecule has 0 rings (SSSR count). The van der Waals surface area contributed by atoms with Gasteiger partial charge in [-0.25, -0.2) is 0 Å². The molecule has 3 atom stereocenters. The van der Waals surface area contributed by atoms with E-state index in [1.165, 1.54) is 135 Å². The van der Waals surface area contributed by atoms with Crippen LogP contribution in [0.15, 0.2) is 0 Å². The van der Waals surface area contributed by atoms with Gasteiger partial charge in [-0.3, -0.25) is 4.79 Å². The molecule has 0 fully saturated rings. The first-order valence-electron chi connectivity index (χ1n) is 17.3. The average Bonchev–Trinajstić information content (AvgIpc) is 2.91. The Morgan fingerprint density at radius 2 is 0.865 bits per heavy atom. The number of unbranched alkanes of at least 4 members (excludes halogenated alkanes) is 15. The van der Waals surface area contributed by atoms with E-state index in [1.807, 2.05) is 0 Å². The Morgan fingerprint density at radius 3 is 1.30 bits per heavy atom. The lowest BCUT2D eigenvalue weighted by atomic mass is 9.81. The Morgan fingerprint density at radius 1 is 0.459 bits per heavy atom. The van der Waals surface area contributed by atoms with E-state index in [1.54, 1.807) is 0 Å². The Bertz CT molecular complexity index is 460. The van der Waals surface area contributed by atoms with Crippen molar-refractivity contribution in [3.8, 4) is 0 Å². The molecule has 2 nitrogen and oxygen atoms in total. The number of carbonyl (C=O) groups is 1. The number of hydrogen-bond donors (Lipinski definition) is 0. The van der Waals surface area contributed by atoms with E-state index < -0.39 is 0 Å². The maximum Gasteiger partial charge on any atom is 0.308 e. The molecule has 0 spiro atoms. The predicted octanol–water partition coefficient (Wildman–Crippen LogP) is 12.2. The highest BCUT2D eigenvalue weighted by Crippen LogP contribution is 2.30. The number of hydrogen-bond acceptors (Lipinski definition) is 2. The van der Waals surface area contributed by atoms with Gasteiger partial charge >= 0.3 is 5.97 Å². The molecule has 0 radical (unpaired) electrons. The summed E-state index contributed by atoms with van der Waals surface area (Å²) in [5.74, 6) is 2.10. The third-order valence-corrected chi connectivity index (χ3v) is 8.73. The summed E-state index contributed by atoms with van der Waals surface area (Å²) in [7, 11) is 0. The SMILES string of the molecule is CCCCCCCCC(CCC)C(=O)OCCCCCCCCC(CC)C(CC)CCCCCCCC. The van der Waals surface area contributed by atoms with Crippen LogP contribution in [0.2, 0.25) is 0 Å². The van der Waals surface area contributed by atoms with Crippen LogP contribution in [0.1, 0.15) is 195 Å². The summed E-state index contributed by atoms with van der Waals surface area (Å²) in [6.45, 7) is 12.2. The average molecular weight is 523 g/mol. The minimum atomic E-state index is 0.0763. The summed E-state index contributed by atoms with van der Waals surface area (Å²) in [5, 5.41) is 0. The lowest BCUT2D eigenvalue weighted by Crippen LogP contribution is -2.18. The topological polar surface area (TPSA) is 26.3 Å². The van der Waals surface area contributed by atoms with Gasteiger partial charge in [0.1, 0.15) is 0 Å². The molecule has 37 heavy (non-hydrogen) atoms. The van der Waals surface area contributed by atoms with Crippen LogP contribution >= 0.6 is 0 Å². The smallest absolute Gasteiger partial charge is 0.308 e. The molecule has 3 unspecified atom stereocenters. The number of rotatable bonds is 29. The zero-order valence-electron chi connectivity index (χ0n) is 26.4. The zero-order valence-corrected chi connectivity index (χ0v) is 26.4. The van der Waals surface area contributed by atoms with Gasteiger partial charge in [0.25, 0.3) is 0 Å². The lowest BCUT2D eigenvalue weighted by molar-refractivity contribution is -0.149. The first-order chi connectivity index (χ1) is 18.1. The number of esters is 1. The Labute approximate surface area is 234 Å². The quantitative estimate of drug-likeness (QED) is 0.0721. The predicted molar refractivity (Wildman–Crippen MR) is 165 cm³/mol. The van der Waals surface area contributed by atoms with Crippen molar-refractivity contribution in [1.29, 1.82) is 0 Å². The third kappa shape index (κ3) is 22.0. The molecule has 0 bridgehead atoms. The van der Waals surface area contributed by atoms with Crippen LogP contribution in [0.5, 0.6) is 0 Å². The summed E-state index contributed by atoms with van der Waals surface area (Å²) in [6.07, 6.45) is 32.6. The van der Waals surface area contributed by atoms with Gasteiger partial charge in [-0.1, -0.05) is 176 Å². The van der Waals surface area contributed by atoms with Crippen molar-refractivity contribution in [3.05, 3.63) is 0 Å². The van der Waals surface area contributed by atoms with Crippen LogP contribution in [0.4, 0.5) is 0 Å². The van der Waals surface area contributed by atoms with E-state index in [4.69, 9.17) is 4.74 Å². The molecule has 0 heterocycles. The molecule has 0 saturated heterocycles. The molecule has 0 aliphatic heterocycles. The van der Waals surface area contributed by atoms with E-state index in [-0.39, 0.29) is 11.9 Å². The summed E-state index contributed by atoms with van der Waals surface area (Å²) < 4.78 is 5.69. The highest BCUT2D eigenvalue weighted by atomic mass is 16.5. The molecule has 0 aromatic rings. The summed E-state index contributed by atoms with van der Waals surface area (Å²) in [4.78, 5) is 12.5. The van der Waals surface area contributed by atoms with Gasteiger partial charge in [0.2, 0.25) is 0 Å². The Balaban J connectivity index is 3.85. The summed E-state index contributed by atoms with van der Waals surface area (Å²) >= 11 is 0. The molecule has 0 aromatic heterocycles. The van der Waals surface area contributed by atoms with Crippen LogP contribution in [0.25, 0.3) is 0 Å². The van der Waals surface area contributed by atoms with E-state index in [9.17, 15) is 4.79 Å². The number of carbonyl (C=O) groups excluding carboxylic acids is 1. The van der Waals surface area contributed by atoms with E-state index >= 15 is 0 Å². The second kappa shape index (κ2) is 28.5. The zero-order chi connectivity index (χ0) is 27.4. The van der Waals surface area contributed by atoms with E-state index in [2.05, 4.69) is 34.6 Å². The molecule has 0 N–H and O–H groups in total. The van der Waals surface area contributed by atoms with Crippen LogP contribution in [-0.4, -0.2) is 12.6 Å². The van der Waals surface area contributed by atoms with Crippen LogP contribution in [0.3, 0.4) is 0 Å². The maximum absolute atomic E-state index is 12.5. The molecule has 0 aliphatic carbocycles. The fourth-order valence-electron chi connectivity index (χ4n) is 6.14. The largest absolute Gasteiger partial charge is 0.465 e. The van der Waals surface area contributed by atoms with Crippen molar-refractivity contribution in [1.82, 2.24) is 0 Å². The van der Waals surface area contributed by atoms with E-state index in [0.29, 0.717) is 6.61 Å². The first-order valence-corrected chi connectivity index (χ1v) is 17.3. The van der Waals surface area contributed by atoms with Gasteiger partial charge in [-0.05, 0) is 31.1 Å². The maximum atomic E-state index is 12.5. The molecule has 0 aromatic carbocycles. The molecule has 2 heteroatoms. The monoisotopic (exact) mass is 523 g/mol. The van der Waals surface area contributed by atoms with Gasteiger partial charge in [-0.2, -0.15) is 0 Å². The normalized spacial score (nSPS) is 14.0. The molecular weight excluding hydrogens is 452 g/mol. The van der Waals surface area contributed by atoms with Crippen molar-refractivity contribution >= 4 is 5.97 Å². The highest BCUT2D eigenvalue weighted by Gasteiger charge is 2.19. The summed E-state index contributed by atoms with van der Waals surface area (Å²) in [6, 6.07) is 0. The van der Waals surface area contributed by atoms with Crippen molar-refractivity contribution in [2.45, 2.75) is 195 Å². The van der Waals surface area contributed by atoms with Crippen LogP contribution < -0.4 is 0 Å². The molecular formula is C35H70O2. The molecule has 0 aliphatic rings.